The van der Waals surface area contributed by atoms with Crippen LogP contribution in [0.2, 0.25) is 0 Å². The predicted molar refractivity (Wildman–Crippen MR) is 34.3 cm³/mol. The summed E-state index contributed by atoms with van der Waals surface area (Å²) in [4.78, 5) is 0. The fourth-order valence-corrected chi connectivity index (χ4v) is 0.848. The van der Waals surface area contributed by atoms with Crippen molar-refractivity contribution < 1.29 is 9.84 Å². The molecule has 0 aromatic carbocycles. The molecule has 0 spiro atoms. The largest absolute Gasteiger partial charge is 0.394 e. The number of aliphatic hydroxyl groups is 1. The van der Waals surface area contributed by atoms with Crippen LogP contribution in [0.5, 0.6) is 0 Å². The Hall–Kier alpha value is -0.120. The first kappa shape index (κ1) is 6.99. The topological polar surface area (TPSA) is 41.5 Å². The van der Waals surface area contributed by atoms with E-state index < -0.39 is 0 Å². The van der Waals surface area contributed by atoms with Gasteiger partial charge in [-0.2, -0.15) is 0 Å². The zero-order valence-electron chi connectivity index (χ0n) is 5.63. The molecular weight excluding hydrogens is 118 g/mol. The van der Waals surface area contributed by atoms with Crippen LogP contribution in [0.25, 0.3) is 0 Å². The molecule has 2 N–H and O–H groups in total. The summed E-state index contributed by atoms with van der Waals surface area (Å²) in [7, 11) is 0. The van der Waals surface area contributed by atoms with E-state index in [2.05, 4.69) is 12.2 Å². The van der Waals surface area contributed by atoms with E-state index in [0.717, 1.165) is 6.54 Å². The van der Waals surface area contributed by atoms with Crippen LogP contribution in [0.3, 0.4) is 0 Å². The second-order valence-electron chi connectivity index (χ2n) is 2.45. The van der Waals surface area contributed by atoms with Gasteiger partial charge in [-0.3, -0.25) is 0 Å². The minimum Gasteiger partial charge on any atom is -0.394 e. The highest BCUT2D eigenvalue weighted by molar-refractivity contribution is 4.71. The Morgan fingerprint density at radius 3 is 3.00 bits per heavy atom. The van der Waals surface area contributed by atoms with Crippen molar-refractivity contribution in [2.45, 2.75) is 19.1 Å². The molecule has 1 heterocycles. The molecule has 0 aromatic heterocycles. The third-order valence-electron chi connectivity index (χ3n) is 1.48. The van der Waals surface area contributed by atoms with Gasteiger partial charge in [-0.15, -0.1) is 0 Å². The van der Waals surface area contributed by atoms with Crippen LogP contribution >= 0.6 is 0 Å². The van der Waals surface area contributed by atoms with Crippen LogP contribution in [0, 0.1) is 0 Å². The summed E-state index contributed by atoms with van der Waals surface area (Å²) in [6, 6.07) is 0.438. The predicted octanol–water partition coefficient (Wildman–Crippen LogP) is -0.644. The van der Waals surface area contributed by atoms with Crippen LogP contribution in [0.1, 0.15) is 6.92 Å². The third-order valence-corrected chi connectivity index (χ3v) is 1.48. The molecule has 1 aliphatic rings. The number of ether oxygens (including phenoxy) is 1. The third kappa shape index (κ3) is 1.93. The molecule has 0 aromatic rings. The van der Waals surface area contributed by atoms with E-state index in [1.165, 1.54) is 0 Å². The lowest BCUT2D eigenvalue weighted by Gasteiger charge is -2.26. The maximum atomic E-state index is 8.61. The van der Waals surface area contributed by atoms with Gasteiger partial charge in [-0.05, 0) is 6.92 Å². The highest BCUT2D eigenvalue weighted by Crippen LogP contribution is 1.98. The average molecular weight is 131 g/mol. The zero-order chi connectivity index (χ0) is 6.69. The number of aliphatic hydroxyl groups excluding tert-OH is 1. The van der Waals surface area contributed by atoms with Crippen molar-refractivity contribution in [3.8, 4) is 0 Å². The number of hydrogen-bond donors (Lipinski definition) is 2. The smallest absolute Gasteiger partial charge is 0.0930 e. The summed E-state index contributed by atoms with van der Waals surface area (Å²) in [5.74, 6) is 0. The lowest BCUT2D eigenvalue weighted by Crippen LogP contribution is -2.46. The second kappa shape index (κ2) is 3.15. The van der Waals surface area contributed by atoms with Crippen LogP contribution in [-0.2, 0) is 4.74 Å². The highest BCUT2D eigenvalue weighted by atomic mass is 16.5. The summed E-state index contributed by atoms with van der Waals surface area (Å²) >= 11 is 0. The normalized spacial score (nSPS) is 36.7. The van der Waals surface area contributed by atoms with E-state index in [0.29, 0.717) is 12.6 Å². The molecule has 1 aliphatic heterocycles. The first-order chi connectivity index (χ1) is 4.33. The maximum Gasteiger partial charge on any atom is 0.0930 e. The van der Waals surface area contributed by atoms with Gasteiger partial charge in [0, 0.05) is 12.6 Å². The summed E-state index contributed by atoms with van der Waals surface area (Å²) in [5.41, 5.74) is 0. The Labute approximate surface area is 55.0 Å². The molecule has 3 nitrogen and oxygen atoms in total. The summed E-state index contributed by atoms with van der Waals surface area (Å²) in [6.07, 6.45) is 0.0150. The van der Waals surface area contributed by atoms with Gasteiger partial charge in [0.05, 0.1) is 19.3 Å². The van der Waals surface area contributed by atoms with Crippen molar-refractivity contribution in [2.24, 2.45) is 0 Å². The van der Waals surface area contributed by atoms with Crippen molar-refractivity contribution in [1.82, 2.24) is 5.32 Å². The molecule has 1 saturated heterocycles. The van der Waals surface area contributed by atoms with Crippen LogP contribution < -0.4 is 5.32 Å². The molecule has 0 aliphatic carbocycles. The number of hydrogen-bond acceptors (Lipinski definition) is 3. The molecule has 9 heavy (non-hydrogen) atoms. The van der Waals surface area contributed by atoms with Crippen LogP contribution in [0.15, 0.2) is 0 Å². The Balaban J connectivity index is 2.18. The number of nitrogens with one attached hydrogen (secondary N) is 1. The van der Waals surface area contributed by atoms with Gasteiger partial charge in [-0.1, -0.05) is 0 Å². The highest BCUT2D eigenvalue weighted by Gasteiger charge is 2.15. The Morgan fingerprint density at radius 2 is 2.56 bits per heavy atom. The van der Waals surface area contributed by atoms with Crippen molar-refractivity contribution in [3.63, 3.8) is 0 Å². The fourth-order valence-electron chi connectivity index (χ4n) is 0.848. The van der Waals surface area contributed by atoms with Gasteiger partial charge >= 0.3 is 0 Å². The summed E-state index contributed by atoms with van der Waals surface area (Å²) in [6.45, 7) is 3.68. The Kier molecular flexibility index (Phi) is 2.45. The minimum absolute atomic E-state index is 0.0150. The molecule has 2 atom stereocenters. The standard InChI is InChI=1S/C6H13NO2/c1-5-4-9-6(3-8)2-7-5/h5-8H,2-4H2,1H3/t5-,6+/m0/s1. The van der Waals surface area contributed by atoms with Crippen molar-refractivity contribution in [3.05, 3.63) is 0 Å². The van der Waals surface area contributed by atoms with Crippen molar-refractivity contribution in [2.75, 3.05) is 19.8 Å². The molecule has 1 rings (SSSR count). The Bertz CT molecular complexity index is 79.1. The average Bonchev–Trinajstić information content (AvgIpc) is 1.90. The van der Waals surface area contributed by atoms with Gasteiger partial charge in [0.25, 0.3) is 0 Å². The van der Waals surface area contributed by atoms with E-state index in [4.69, 9.17) is 9.84 Å². The van der Waals surface area contributed by atoms with Crippen molar-refractivity contribution in [1.29, 1.82) is 0 Å². The quantitative estimate of drug-likeness (QED) is 0.497. The molecule has 0 amide bonds. The maximum absolute atomic E-state index is 8.61. The number of morpholine rings is 1. The summed E-state index contributed by atoms with van der Waals surface area (Å²) in [5, 5.41) is 11.8. The van der Waals surface area contributed by atoms with Gasteiger partial charge in [-0.25, -0.2) is 0 Å². The lowest BCUT2D eigenvalue weighted by atomic mass is 10.2. The Morgan fingerprint density at radius 1 is 1.78 bits per heavy atom. The van der Waals surface area contributed by atoms with Gasteiger partial charge in [0.15, 0.2) is 0 Å². The molecule has 0 unspecified atom stereocenters. The first-order valence-electron chi connectivity index (χ1n) is 3.28. The minimum atomic E-state index is 0.0150. The van der Waals surface area contributed by atoms with Crippen LogP contribution in [-0.4, -0.2) is 37.0 Å². The summed E-state index contributed by atoms with van der Waals surface area (Å²) < 4.78 is 5.23. The van der Waals surface area contributed by atoms with E-state index in [-0.39, 0.29) is 12.7 Å². The molecule has 0 bridgehead atoms. The monoisotopic (exact) mass is 131 g/mol. The number of rotatable bonds is 1. The lowest BCUT2D eigenvalue weighted by molar-refractivity contribution is -0.0222. The van der Waals surface area contributed by atoms with Gasteiger partial charge < -0.3 is 15.2 Å². The van der Waals surface area contributed by atoms with E-state index in [1.807, 2.05) is 0 Å². The van der Waals surface area contributed by atoms with Gasteiger partial charge in [0.2, 0.25) is 0 Å². The first-order valence-corrected chi connectivity index (χ1v) is 3.28. The van der Waals surface area contributed by atoms with Crippen molar-refractivity contribution >= 4 is 0 Å². The van der Waals surface area contributed by atoms with E-state index in [9.17, 15) is 0 Å². The van der Waals surface area contributed by atoms with Gasteiger partial charge in [0.1, 0.15) is 0 Å². The van der Waals surface area contributed by atoms with E-state index >= 15 is 0 Å². The van der Waals surface area contributed by atoms with Crippen LogP contribution in [0.4, 0.5) is 0 Å². The molecule has 0 saturated carbocycles. The molecule has 0 radical (unpaired) electrons. The zero-order valence-corrected chi connectivity index (χ0v) is 5.63. The second-order valence-corrected chi connectivity index (χ2v) is 2.45. The molecular formula is C6H13NO2. The molecule has 3 heteroatoms. The SMILES string of the molecule is C[C@H]1CO[C@@H](CO)CN1. The van der Waals surface area contributed by atoms with E-state index in [1.54, 1.807) is 0 Å². The fraction of sp³-hybridized carbons (Fsp3) is 1.00. The molecule has 54 valence electrons. The molecule has 1 fully saturated rings.